The van der Waals surface area contributed by atoms with Crippen LogP contribution in [0.2, 0.25) is 0 Å². The van der Waals surface area contributed by atoms with E-state index in [1.165, 1.54) is 27.8 Å². The fourth-order valence-corrected chi connectivity index (χ4v) is 6.85. The lowest BCUT2D eigenvalue weighted by Gasteiger charge is -2.33. The Balaban J connectivity index is 1.13. The van der Waals surface area contributed by atoms with Crippen molar-refractivity contribution in [1.82, 2.24) is 0 Å². The van der Waals surface area contributed by atoms with Crippen LogP contribution in [0, 0.1) is 0 Å². The van der Waals surface area contributed by atoms with Gasteiger partial charge in [-0.25, -0.2) is 0 Å². The van der Waals surface area contributed by atoms with Crippen LogP contribution in [0.15, 0.2) is 188 Å². The maximum absolute atomic E-state index is 6.16. The minimum absolute atomic E-state index is 0.206. The van der Waals surface area contributed by atoms with Gasteiger partial charge in [0.05, 0.1) is 0 Å². The highest BCUT2D eigenvalue weighted by molar-refractivity contribution is 5.53. The van der Waals surface area contributed by atoms with Crippen molar-refractivity contribution in [2.75, 3.05) is 0 Å². The molecule has 0 atom stereocenters. The van der Waals surface area contributed by atoms with E-state index in [2.05, 4.69) is 154 Å². The molecule has 3 nitrogen and oxygen atoms in total. The molecule has 0 spiro atoms. The summed E-state index contributed by atoms with van der Waals surface area (Å²) in [5.41, 5.74) is 8.85. The van der Waals surface area contributed by atoms with Crippen molar-refractivity contribution in [1.29, 1.82) is 0 Å². The molecule has 0 radical (unpaired) electrons. The molecule has 7 aromatic carbocycles. The van der Waals surface area contributed by atoms with Gasteiger partial charge in [0, 0.05) is 10.8 Å². The number of hydrogen-bond acceptors (Lipinski definition) is 3. The molecule has 7 rings (SSSR count). The van der Waals surface area contributed by atoms with Gasteiger partial charge in [0.25, 0.3) is 0 Å². The lowest BCUT2D eigenvalue weighted by molar-refractivity contribution is 0.306. The number of ether oxygens (including phenoxy) is 3. The van der Waals surface area contributed by atoms with Crippen LogP contribution in [0.5, 0.6) is 17.2 Å². The normalized spacial score (nSPS) is 11.5. The third-order valence-corrected chi connectivity index (χ3v) is 10.4. The van der Waals surface area contributed by atoms with E-state index in [0.29, 0.717) is 19.8 Å². The lowest BCUT2D eigenvalue weighted by atomic mass is 9.70. The van der Waals surface area contributed by atoms with E-state index in [4.69, 9.17) is 14.2 Å². The molecular weight excluding hydrogens is 649 g/mol. The van der Waals surface area contributed by atoms with Crippen LogP contribution in [0.3, 0.4) is 0 Å². The van der Waals surface area contributed by atoms with Crippen LogP contribution in [0.25, 0.3) is 0 Å². The van der Waals surface area contributed by atoms with Gasteiger partial charge in [0.15, 0.2) is 0 Å². The van der Waals surface area contributed by atoms with E-state index < -0.39 is 5.41 Å². The van der Waals surface area contributed by atoms with E-state index >= 15 is 0 Å². The fraction of sp³-hybridized carbons (Fsp3) is 0.160. The predicted octanol–water partition coefficient (Wildman–Crippen LogP) is 12.1. The molecule has 53 heavy (non-hydrogen) atoms. The van der Waals surface area contributed by atoms with Crippen LogP contribution in [0.4, 0.5) is 0 Å². The van der Waals surface area contributed by atoms with Crippen LogP contribution >= 0.6 is 0 Å². The molecule has 0 aliphatic rings. The van der Waals surface area contributed by atoms with Crippen LogP contribution in [-0.2, 0) is 30.7 Å². The van der Waals surface area contributed by atoms with Gasteiger partial charge in [-0.1, -0.05) is 166 Å². The Kier molecular flexibility index (Phi) is 10.7. The molecule has 0 saturated carbocycles. The molecule has 0 aromatic heterocycles. The molecule has 0 unspecified atom stereocenters. The second-order valence-corrected chi connectivity index (χ2v) is 14.2. The number of hydrogen-bond donors (Lipinski definition) is 0. The second kappa shape index (κ2) is 16.1. The molecule has 0 aliphatic heterocycles. The summed E-state index contributed by atoms with van der Waals surface area (Å²) in [4.78, 5) is 0. The third-order valence-electron chi connectivity index (χ3n) is 10.4. The topological polar surface area (TPSA) is 27.7 Å². The monoisotopic (exact) mass is 694 g/mol. The molecule has 3 heteroatoms. The SMILES string of the molecule is CC(C)(c1ccc(OCc2ccccc2)cc1)c1ccc(C(C)(c2ccc(OCc3ccccc3)cc2)c2ccc(OCc3ccccc3)cc2)cc1. The average Bonchev–Trinajstić information content (AvgIpc) is 3.23. The molecule has 264 valence electrons. The van der Waals surface area contributed by atoms with Crippen molar-refractivity contribution in [3.63, 3.8) is 0 Å². The minimum Gasteiger partial charge on any atom is -0.489 e. The first-order valence-corrected chi connectivity index (χ1v) is 18.3. The first kappa shape index (κ1) is 35.3. The van der Waals surface area contributed by atoms with Gasteiger partial charge in [-0.15, -0.1) is 0 Å². The van der Waals surface area contributed by atoms with Gasteiger partial charge < -0.3 is 14.2 Å². The molecule has 0 amide bonds. The van der Waals surface area contributed by atoms with Crippen molar-refractivity contribution in [2.24, 2.45) is 0 Å². The molecule has 7 aromatic rings. The zero-order valence-corrected chi connectivity index (χ0v) is 30.7. The van der Waals surface area contributed by atoms with Crippen LogP contribution < -0.4 is 14.2 Å². The molecular formula is C50H46O3. The Morgan fingerprint density at radius 2 is 0.547 bits per heavy atom. The highest BCUT2D eigenvalue weighted by Gasteiger charge is 2.32. The summed E-state index contributed by atoms with van der Waals surface area (Å²) in [6.45, 7) is 8.48. The zero-order valence-electron chi connectivity index (χ0n) is 30.7. The Morgan fingerprint density at radius 1 is 0.302 bits per heavy atom. The minimum atomic E-state index is -0.434. The van der Waals surface area contributed by atoms with Gasteiger partial charge in [0.2, 0.25) is 0 Å². The van der Waals surface area contributed by atoms with E-state index in [1.807, 2.05) is 54.6 Å². The predicted molar refractivity (Wildman–Crippen MR) is 216 cm³/mol. The van der Waals surface area contributed by atoms with Crippen molar-refractivity contribution in [3.05, 3.63) is 233 Å². The summed E-state index contributed by atoms with van der Waals surface area (Å²) in [7, 11) is 0. The Labute approximate surface area is 314 Å². The largest absolute Gasteiger partial charge is 0.489 e. The van der Waals surface area contributed by atoms with Gasteiger partial charge in [0.1, 0.15) is 37.1 Å². The fourth-order valence-electron chi connectivity index (χ4n) is 6.85. The molecule has 0 N–H and O–H groups in total. The smallest absolute Gasteiger partial charge is 0.119 e. The van der Waals surface area contributed by atoms with E-state index in [9.17, 15) is 0 Å². The molecule has 0 saturated heterocycles. The van der Waals surface area contributed by atoms with Gasteiger partial charge in [-0.05, 0) is 87.8 Å². The maximum atomic E-state index is 6.16. The van der Waals surface area contributed by atoms with Gasteiger partial charge in [-0.2, -0.15) is 0 Å². The van der Waals surface area contributed by atoms with E-state index in [1.54, 1.807) is 0 Å². The number of rotatable bonds is 14. The average molecular weight is 695 g/mol. The summed E-state index contributed by atoms with van der Waals surface area (Å²) < 4.78 is 18.4. The first-order chi connectivity index (χ1) is 25.9. The molecule has 0 bridgehead atoms. The lowest BCUT2D eigenvalue weighted by Crippen LogP contribution is -2.26. The van der Waals surface area contributed by atoms with Crippen molar-refractivity contribution < 1.29 is 14.2 Å². The standard InChI is InChI=1S/C50H46O3/c1-49(2,42-23-29-46(30-24-42)51-35-38-13-7-4-8-14-38)41-19-21-43(22-20-41)50(3,44-25-31-47(32-26-44)52-36-39-15-9-5-10-16-39)45-27-33-48(34-28-45)53-37-40-17-11-6-12-18-40/h4-34H,35-37H2,1-3H3. The van der Waals surface area contributed by atoms with Gasteiger partial charge >= 0.3 is 0 Å². The first-order valence-electron chi connectivity index (χ1n) is 18.3. The van der Waals surface area contributed by atoms with Gasteiger partial charge in [-0.3, -0.25) is 0 Å². The molecule has 0 aliphatic carbocycles. The summed E-state index contributed by atoms with van der Waals surface area (Å²) in [5, 5.41) is 0. The molecule has 0 heterocycles. The highest BCUT2D eigenvalue weighted by Crippen LogP contribution is 2.41. The van der Waals surface area contributed by atoms with Crippen molar-refractivity contribution in [2.45, 2.75) is 51.4 Å². The van der Waals surface area contributed by atoms with Crippen LogP contribution in [0.1, 0.15) is 65.3 Å². The Hall–Kier alpha value is -6.06. The van der Waals surface area contributed by atoms with Crippen molar-refractivity contribution in [3.8, 4) is 17.2 Å². The maximum Gasteiger partial charge on any atom is 0.119 e. The van der Waals surface area contributed by atoms with E-state index in [-0.39, 0.29) is 5.41 Å². The quantitative estimate of drug-likeness (QED) is 0.106. The van der Waals surface area contributed by atoms with Crippen molar-refractivity contribution >= 4 is 0 Å². The Bertz CT molecular complexity index is 2070. The van der Waals surface area contributed by atoms with Crippen LogP contribution in [-0.4, -0.2) is 0 Å². The van der Waals surface area contributed by atoms with E-state index in [0.717, 1.165) is 33.9 Å². The highest BCUT2D eigenvalue weighted by atomic mass is 16.5. The Morgan fingerprint density at radius 3 is 0.849 bits per heavy atom. The summed E-state index contributed by atoms with van der Waals surface area (Å²) in [5.74, 6) is 2.56. The summed E-state index contributed by atoms with van der Waals surface area (Å²) >= 11 is 0. The number of benzene rings is 7. The molecule has 0 fully saturated rings. The zero-order chi connectivity index (χ0) is 36.5. The second-order valence-electron chi connectivity index (χ2n) is 14.2. The third kappa shape index (κ3) is 8.37. The summed E-state index contributed by atoms with van der Waals surface area (Å²) in [6.07, 6.45) is 0. The summed E-state index contributed by atoms with van der Waals surface area (Å²) in [6, 6.07) is 65.5.